The maximum absolute atomic E-state index is 11.1. The number of ether oxygens (including phenoxy) is 1. The molecule has 0 saturated carbocycles. The first kappa shape index (κ1) is 13.4. The molecule has 1 aromatic heterocycles. The van der Waals surface area contributed by atoms with E-state index >= 15 is 0 Å². The molecule has 0 aromatic carbocycles. The fraction of sp³-hybridized carbons (Fsp3) is 0.462. The van der Waals surface area contributed by atoms with Crippen LogP contribution in [-0.2, 0) is 14.9 Å². The van der Waals surface area contributed by atoms with E-state index < -0.39 is 0 Å². The number of esters is 1. The largest absolute Gasteiger partial charge is 0.463 e. The quantitative estimate of drug-likeness (QED) is 0.595. The number of carbonyl (C=O) groups is 1. The summed E-state index contributed by atoms with van der Waals surface area (Å²) in [7, 11) is 0. The molecular weight excluding hydrogens is 216 g/mol. The van der Waals surface area contributed by atoms with Gasteiger partial charge in [-0.3, -0.25) is 0 Å². The van der Waals surface area contributed by atoms with E-state index in [1.807, 2.05) is 0 Å². The lowest BCUT2D eigenvalue weighted by Crippen LogP contribution is -2.15. The molecular formula is C13H18N2O2. The number of hydrogen-bond acceptors (Lipinski definition) is 4. The van der Waals surface area contributed by atoms with E-state index in [0.29, 0.717) is 6.61 Å². The lowest BCUT2D eigenvalue weighted by atomic mass is 9.96. The molecule has 0 saturated heterocycles. The van der Waals surface area contributed by atoms with Crippen molar-refractivity contribution >= 4 is 12.0 Å². The van der Waals surface area contributed by atoms with Crippen LogP contribution in [-0.4, -0.2) is 22.5 Å². The highest BCUT2D eigenvalue weighted by Gasteiger charge is 2.16. The number of hydrogen-bond donors (Lipinski definition) is 0. The monoisotopic (exact) mass is 234 g/mol. The Labute approximate surface area is 102 Å². The maximum atomic E-state index is 11.1. The molecule has 0 spiro atoms. The molecule has 0 unspecified atom stereocenters. The first-order valence-electron chi connectivity index (χ1n) is 5.61. The van der Waals surface area contributed by atoms with Gasteiger partial charge in [-0.1, -0.05) is 20.8 Å². The van der Waals surface area contributed by atoms with Crippen LogP contribution < -0.4 is 0 Å². The highest BCUT2D eigenvalue weighted by atomic mass is 16.5. The second kappa shape index (κ2) is 5.57. The summed E-state index contributed by atoms with van der Waals surface area (Å²) in [6.45, 7) is 8.30. The van der Waals surface area contributed by atoms with E-state index in [2.05, 4.69) is 30.7 Å². The predicted molar refractivity (Wildman–Crippen MR) is 66.4 cm³/mol. The van der Waals surface area contributed by atoms with Crippen LogP contribution >= 0.6 is 0 Å². The minimum absolute atomic E-state index is 0.0661. The Hall–Kier alpha value is -1.71. The van der Waals surface area contributed by atoms with Gasteiger partial charge in [0.1, 0.15) is 5.82 Å². The third-order valence-corrected chi connectivity index (χ3v) is 2.04. The van der Waals surface area contributed by atoms with Gasteiger partial charge in [0.25, 0.3) is 0 Å². The Morgan fingerprint density at radius 1 is 1.35 bits per heavy atom. The number of nitrogens with zero attached hydrogens (tertiary/aromatic N) is 2. The molecule has 0 amide bonds. The third-order valence-electron chi connectivity index (χ3n) is 2.04. The van der Waals surface area contributed by atoms with E-state index in [-0.39, 0.29) is 11.4 Å². The maximum Gasteiger partial charge on any atom is 0.330 e. The van der Waals surface area contributed by atoms with Gasteiger partial charge in [-0.05, 0) is 13.0 Å². The van der Waals surface area contributed by atoms with E-state index in [0.717, 1.165) is 11.4 Å². The molecule has 0 aliphatic carbocycles. The molecule has 1 heterocycles. The lowest BCUT2D eigenvalue weighted by molar-refractivity contribution is -0.137. The highest BCUT2D eigenvalue weighted by molar-refractivity contribution is 5.86. The number of rotatable bonds is 3. The molecule has 0 N–H and O–H groups in total. The summed E-state index contributed by atoms with van der Waals surface area (Å²) >= 11 is 0. The third kappa shape index (κ3) is 4.34. The molecule has 0 atom stereocenters. The van der Waals surface area contributed by atoms with Crippen molar-refractivity contribution in [2.75, 3.05) is 6.61 Å². The molecule has 0 fully saturated rings. The molecule has 17 heavy (non-hydrogen) atoms. The summed E-state index contributed by atoms with van der Waals surface area (Å²) in [4.78, 5) is 19.6. The van der Waals surface area contributed by atoms with Crippen molar-refractivity contribution in [2.24, 2.45) is 0 Å². The normalized spacial score (nSPS) is 11.8. The lowest BCUT2D eigenvalue weighted by Gasteiger charge is -2.15. The van der Waals surface area contributed by atoms with Gasteiger partial charge in [0.15, 0.2) is 0 Å². The van der Waals surface area contributed by atoms with Crippen molar-refractivity contribution in [3.63, 3.8) is 0 Å². The van der Waals surface area contributed by atoms with Crippen LogP contribution in [0.4, 0.5) is 0 Å². The Morgan fingerprint density at radius 2 is 1.94 bits per heavy atom. The topological polar surface area (TPSA) is 52.1 Å². The van der Waals surface area contributed by atoms with Crippen LogP contribution in [0.15, 0.2) is 18.5 Å². The molecule has 1 rings (SSSR count). The Morgan fingerprint density at radius 3 is 2.41 bits per heavy atom. The Bertz CT molecular complexity index is 402. The van der Waals surface area contributed by atoms with Gasteiger partial charge in [0, 0.05) is 29.4 Å². The van der Waals surface area contributed by atoms with Crippen LogP contribution in [0.5, 0.6) is 0 Å². The van der Waals surface area contributed by atoms with Gasteiger partial charge in [0.05, 0.1) is 6.61 Å². The van der Waals surface area contributed by atoms with Crippen molar-refractivity contribution in [3.8, 4) is 0 Å². The van der Waals surface area contributed by atoms with Gasteiger partial charge >= 0.3 is 5.97 Å². The van der Waals surface area contributed by atoms with Crippen LogP contribution in [0.3, 0.4) is 0 Å². The van der Waals surface area contributed by atoms with Crippen LogP contribution in [0.2, 0.25) is 0 Å². The fourth-order valence-electron chi connectivity index (χ4n) is 1.17. The number of aromatic nitrogens is 2. The summed E-state index contributed by atoms with van der Waals surface area (Å²) in [6, 6.07) is 0. The van der Waals surface area contributed by atoms with Gasteiger partial charge in [-0.2, -0.15) is 0 Å². The van der Waals surface area contributed by atoms with Gasteiger partial charge in [-0.25, -0.2) is 14.8 Å². The minimum Gasteiger partial charge on any atom is -0.463 e. The zero-order chi connectivity index (χ0) is 12.9. The van der Waals surface area contributed by atoms with Crippen LogP contribution in [0.25, 0.3) is 6.08 Å². The smallest absolute Gasteiger partial charge is 0.330 e. The summed E-state index contributed by atoms with van der Waals surface area (Å²) in [5.74, 6) is 0.429. The zero-order valence-corrected chi connectivity index (χ0v) is 10.7. The second-order valence-electron chi connectivity index (χ2n) is 4.68. The van der Waals surface area contributed by atoms with E-state index in [1.54, 1.807) is 25.4 Å². The minimum atomic E-state index is -0.354. The van der Waals surface area contributed by atoms with Gasteiger partial charge in [-0.15, -0.1) is 0 Å². The van der Waals surface area contributed by atoms with Crippen molar-refractivity contribution in [1.82, 2.24) is 9.97 Å². The zero-order valence-electron chi connectivity index (χ0n) is 10.7. The molecule has 0 radical (unpaired) electrons. The van der Waals surface area contributed by atoms with Gasteiger partial charge < -0.3 is 4.74 Å². The summed E-state index contributed by atoms with van der Waals surface area (Å²) < 4.78 is 4.78. The summed E-state index contributed by atoms with van der Waals surface area (Å²) in [6.07, 6.45) is 6.41. The van der Waals surface area contributed by atoms with Gasteiger partial charge in [0.2, 0.25) is 0 Å². The molecule has 92 valence electrons. The first-order chi connectivity index (χ1) is 7.93. The molecule has 4 nitrogen and oxygen atoms in total. The molecule has 0 aliphatic rings. The summed E-state index contributed by atoms with van der Waals surface area (Å²) in [5, 5.41) is 0. The predicted octanol–water partition coefficient (Wildman–Crippen LogP) is 2.35. The molecule has 0 aliphatic heterocycles. The SMILES string of the molecule is CCOC(=O)/C=C/c1cnc(C(C)(C)C)nc1. The highest BCUT2D eigenvalue weighted by Crippen LogP contribution is 2.17. The van der Waals surface area contributed by atoms with Crippen molar-refractivity contribution in [2.45, 2.75) is 33.1 Å². The van der Waals surface area contributed by atoms with E-state index in [9.17, 15) is 4.79 Å². The number of carbonyl (C=O) groups excluding carboxylic acids is 1. The fourth-order valence-corrected chi connectivity index (χ4v) is 1.17. The average Bonchev–Trinajstić information content (AvgIpc) is 2.26. The molecule has 0 bridgehead atoms. The Balaban J connectivity index is 2.72. The van der Waals surface area contributed by atoms with E-state index in [4.69, 9.17) is 4.74 Å². The molecule has 4 heteroatoms. The second-order valence-corrected chi connectivity index (χ2v) is 4.68. The van der Waals surface area contributed by atoms with Crippen molar-refractivity contribution in [1.29, 1.82) is 0 Å². The first-order valence-corrected chi connectivity index (χ1v) is 5.61. The van der Waals surface area contributed by atoms with Crippen molar-refractivity contribution in [3.05, 3.63) is 29.9 Å². The Kier molecular flexibility index (Phi) is 4.37. The van der Waals surface area contributed by atoms with Crippen molar-refractivity contribution < 1.29 is 9.53 Å². The summed E-state index contributed by atoms with van der Waals surface area (Å²) in [5.41, 5.74) is 0.717. The average molecular weight is 234 g/mol. The van der Waals surface area contributed by atoms with Crippen LogP contribution in [0, 0.1) is 0 Å². The molecule has 1 aromatic rings. The van der Waals surface area contributed by atoms with Crippen LogP contribution in [0.1, 0.15) is 39.1 Å². The van der Waals surface area contributed by atoms with E-state index in [1.165, 1.54) is 6.08 Å². The standard InChI is InChI=1S/C13H18N2O2/c1-5-17-11(16)7-6-10-8-14-12(15-9-10)13(2,3)4/h6-9H,5H2,1-4H3/b7-6+.